The number of carbonyl (C=O) groups excluding carboxylic acids is 5. The molecule has 5 unspecified atom stereocenters. The zero-order chi connectivity index (χ0) is 70.8. The van der Waals surface area contributed by atoms with Gasteiger partial charge in [0, 0.05) is 139 Å². The molecule has 30 nitrogen and oxygen atoms in total. The molecule has 5 fully saturated rings. The van der Waals surface area contributed by atoms with Crippen molar-refractivity contribution in [3.05, 3.63) is 102 Å². The molecular formula is C67H88N14O16P2S. The Hall–Kier alpha value is -7.96. The van der Waals surface area contributed by atoms with Crippen molar-refractivity contribution in [3.8, 4) is 39.2 Å². The number of fused-ring (bicyclic) bond motifs is 2. The van der Waals surface area contributed by atoms with Crippen LogP contribution in [0.5, 0.6) is 17.5 Å². The number of piperazine rings is 2. The van der Waals surface area contributed by atoms with Gasteiger partial charge in [0.05, 0.1) is 46.2 Å². The Bertz CT molecular complexity index is 3930. The molecule has 0 spiro atoms. The van der Waals surface area contributed by atoms with E-state index in [4.69, 9.17) is 28.8 Å². The minimum atomic E-state index is -5.46. The van der Waals surface area contributed by atoms with Crippen LogP contribution in [0.2, 0.25) is 0 Å². The van der Waals surface area contributed by atoms with E-state index in [1.807, 2.05) is 61.5 Å². The van der Waals surface area contributed by atoms with Gasteiger partial charge in [-0.1, -0.05) is 56.7 Å². The summed E-state index contributed by atoms with van der Waals surface area (Å²) in [5.74, 6) is -2.12. The molecule has 9 heterocycles. The Labute approximate surface area is 584 Å². The number of pyridine rings is 1. The lowest BCUT2D eigenvalue weighted by Crippen LogP contribution is -2.54. The first-order chi connectivity index (χ1) is 48.0. The molecule has 11 rings (SSSR count). The fraction of sp³-hybridized carbons (Fsp3) is 0.522. The van der Waals surface area contributed by atoms with Gasteiger partial charge in [-0.25, -0.2) is 19.1 Å². The van der Waals surface area contributed by atoms with E-state index in [2.05, 4.69) is 66.8 Å². The van der Waals surface area contributed by atoms with Crippen LogP contribution in [-0.4, -0.2) is 205 Å². The molecular weight excluding hydrogens is 1350 g/mol. The number of phenolic OH excluding ortho intramolecular Hbond substituents is 1. The third kappa shape index (κ3) is 18.4. The Kier molecular flexibility index (Phi) is 24.0. The number of hydrogen-bond acceptors (Lipinski definition) is 25. The molecule has 0 aliphatic carbocycles. The highest BCUT2D eigenvalue weighted by Crippen LogP contribution is 2.61. The Morgan fingerprint density at radius 1 is 0.830 bits per heavy atom. The molecule has 6 aromatic rings. The fourth-order valence-electron chi connectivity index (χ4n) is 13.8. The quantitative estimate of drug-likeness (QED) is 0.0138. The Morgan fingerprint density at radius 3 is 2.29 bits per heavy atom. The van der Waals surface area contributed by atoms with Gasteiger partial charge >= 0.3 is 15.6 Å². The monoisotopic (exact) mass is 1440 g/mol. The number of aromatic hydroxyl groups is 1. The molecule has 2 bridgehead atoms. The zero-order valence-corrected chi connectivity index (χ0v) is 59.3. The predicted octanol–water partition coefficient (Wildman–Crippen LogP) is 7.23. The van der Waals surface area contributed by atoms with Crippen LogP contribution in [0, 0.1) is 12.8 Å². The predicted molar refractivity (Wildman–Crippen MR) is 370 cm³/mol. The number of carbonyl (C=O) groups is 5. The van der Waals surface area contributed by atoms with Gasteiger partial charge in [0.1, 0.15) is 30.9 Å². The molecule has 2 aromatic carbocycles. The van der Waals surface area contributed by atoms with E-state index in [0.717, 1.165) is 78.6 Å². The van der Waals surface area contributed by atoms with Crippen molar-refractivity contribution in [2.24, 2.45) is 5.92 Å². The summed E-state index contributed by atoms with van der Waals surface area (Å²) in [7, 11) is -10.8. The van der Waals surface area contributed by atoms with Gasteiger partial charge in [-0.2, -0.15) is 4.31 Å². The maximum atomic E-state index is 15.0. The number of nitrogens with zero attached hydrogens (tertiary/aromatic N) is 11. The molecule has 4 aromatic heterocycles. The number of ether oxygens (including phenoxy) is 2. The number of phosphoric acid groups is 2. The van der Waals surface area contributed by atoms with Crippen LogP contribution in [0.4, 0.5) is 17.2 Å². The number of nitrogens with two attached hydrogens (primary N) is 1. The van der Waals surface area contributed by atoms with Gasteiger partial charge in [-0.3, -0.25) is 47.7 Å². The summed E-state index contributed by atoms with van der Waals surface area (Å²) >= 11 is 1.51. The van der Waals surface area contributed by atoms with Crippen LogP contribution >= 0.6 is 27.0 Å². The second-order valence-electron chi connectivity index (χ2n) is 26.3. The summed E-state index contributed by atoms with van der Waals surface area (Å²) in [5.41, 5.74) is 13.8. The number of nitrogen functional groups attached to an aromatic ring is 1. The van der Waals surface area contributed by atoms with E-state index < -0.39 is 76.5 Å². The van der Waals surface area contributed by atoms with Crippen molar-refractivity contribution in [1.29, 1.82) is 0 Å². The first-order valence-electron chi connectivity index (χ1n) is 34.0. The number of aryl methyl sites for hydroxylation is 1. The molecule has 5 aliphatic rings. The number of phenols is 1. The number of hydrogen-bond donors (Lipinski definition) is 6. The van der Waals surface area contributed by atoms with Gasteiger partial charge in [-0.15, -0.1) is 21.5 Å². The number of unbranched alkanes of at least 4 members (excludes halogenated alkanes) is 2. The first kappa shape index (κ1) is 73.3. The van der Waals surface area contributed by atoms with Gasteiger partial charge < -0.3 is 60.0 Å². The SMILES string of the molecule is Cc1ncsc1-c1ccc([C@H](C)NC(=O)[C@@H]2C[C@@H](OP(=O)(O)OP(=O)(O)OCCNC(=O)CCCCCN3C(=O)CCC3=O)CN2C(=O)C(c2cc(OCCN3CCN(CCOc4cc(N5C6CCC5CN(c5cc(-c7ccccc7O)nnc5N)C6)ccn4)[C@H](C)C3)no2)C(C)C)cc1. The van der Waals surface area contributed by atoms with Gasteiger partial charge in [0.2, 0.25) is 35.4 Å². The van der Waals surface area contributed by atoms with E-state index >= 15 is 0 Å². The highest BCUT2D eigenvalue weighted by Gasteiger charge is 2.48. The number of amides is 5. The maximum Gasteiger partial charge on any atom is 0.481 e. The van der Waals surface area contributed by atoms with Gasteiger partial charge in [0.15, 0.2) is 11.6 Å². The normalized spacial score (nSPS) is 21.5. The number of anilines is 3. The van der Waals surface area contributed by atoms with E-state index in [1.54, 1.807) is 44.6 Å². The average Bonchev–Trinajstić information content (AvgIpc) is 1.62. The molecule has 33 heteroatoms. The average molecular weight is 1440 g/mol. The highest BCUT2D eigenvalue weighted by molar-refractivity contribution is 7.61. The van der Waals surface area contributed by atoms with E-state index in [9.17, 15) is 48.0 Å². The van der Waals surface area contributed by atoms with Crippen molar-refractivity contribution >= 4 is 73.7 Å². The Morgan fingerprint density at radius 2 is 1.57 bits per heavy atom. The van der Waals surface area contributed by atoms with Crippen LogP contribution in [0.25, 0.3) is 21.7 Å². The van der Waals surface area contributed by atoms with E-state index in [1.165, 1.54) is 27.2 Å². The molecule has 5 saturated heterocycles. The summed E-state index contributed by atoms with van der Waals surface area (Å²) < 4.78 is 59.7. The smallest absolute Gasteiger partial charge is 0.481 e. The molecule has 5 aliphatic heterocycles. The fourth-order valence-corrected chi connectivity index (χ4v) is 16.9. The van der Waals surface area contributed by atoms with Crippen LogP contribution in [-0.2, 0) is 46.5 Å². The number of para-hydroxylation sites is 1. The van der Waals surface area contributed by atoms with Crippen molar-refractivity contribution in [1.82, 2.24) is 55.6 Å². The molecule has 7 N–H and O–H groups in total. The first-order valence-corrected chi connectivity index (χ1v) is 37.8. The van der Waals surface area contributed by atoms with Crippen molar-refractivity contribution in [3.63, 3.8) is 0 Å². The standard InChI is InChI=1S/C67H88N14O16P2S/c1-42(2)63(57-36-60(75-95-57)93-31-28-76-26-27-77(43(3)37-76)29-32-92-59-33-48(22-23-70-59)81-49-18-19-50(81)39-78(38-49)54-35-53(73-74-65(54)68)52-11-8-9-12-56(52)82)67(87)80-40-51(34-55(80)66(86)72-44(4)46-14-16-47(17-15-46)64-45(5)71-41-100-64)96-99(90,91)97-98(88,89)94-30-24-69-58(83)13-7-6-10-25-79-61(84)20-21-62(79)85/h8-9,11-12,14-17,22-23,33,35-36,41-44,49-51,55,63,82H,6-7,10,13,18-21,24-32,34,37-40H2,1-5H3,(H2,68,74)(H,69,83)(H,72,86)(H,88,89)(H,90,91)/t43-,44+,49?,50?,51-,55+,63?/m1/s1. The number of imide groups is 1. The third-order valence-corrected chi connectivity index (χ3v) is 22.6. The Balaban J connectivity index is 0.647. The number of thiazole rings is 1. The van der Waals surface area contributed by atoms with Crippen LogP contribution in [0.3, 0.4) is 0 Å². The topological polar surface area (TPSA) is 373 Å². The van der Waals surface area contributed by atoms with E-state index in [-0.39, 0.29) is 92.7 Å². The number of likely N-dealkylation sites (tertiary alicyclic amines) is 2. The largest absolute Gasteiger partial charge is 0.507 e. The minimum Gasteiger partial charge on any atom is -0.507 e. The van der Waals surface area contributed by atoms with Crippen LogP contribution < -0.4 is 35.6 Å². The molecule has 100 heavy (non-hydrogen) atoms. The van der Waals surface area contributed by atoms with Crippen molar-refractivity contribution < 1.29 is 75.4 Å². The second kappa shape index (κ2) is 32.8. The van der Waals surface area contributed by atoms with Gasteiger partial charge in [0.25, 0.3) is 5.88 Å². The highest BCUT2D eigenvalue weighted by atomic mass is 32.1. The lowest BCUT2D eigenvalue weighted by molar-refractivity contribution is -0.141. The van der Waals surface area contributed by atoms with Crippen LogP contribution in [0.15, 0.2) is 89.0 Å². The molecule has 0 radical (unpaired) electrons. The zero-order valence-electron chi connectivity index (χ0n) is 56.7. The summed E-state index contributed by atoms with van der Waals surface area (Å²) in [5, 5.41) is 28.7. The number of aromatic nitrogens is 5. The lowest BCUT2D eigenvalue weighted by atomic mass is 9.91. The van der Waals surface area contributed by atoms with Crippen LogP contribution in [0.1, 0.15) is 114 Å². The lowest BCUT2D eigenvalue weighted by Gasteiger charge is -2.43. The summed E-state index contributed by atoms with van der Waals surface area (Å²) in [6.07, 6.45) is 4.22. The van der Waals surface area contributed by atoms with Crippen molar-refractivity contribution in [2.45, 2.75) is 135 Å². The maximum absolute atomic E-state index is 15.0. The van der Waals surface area contributed by atoms with E-state index in [0.29, 0.717) is 61.9 Å². The number of benzene rings is 2. The molecule has 5 amide bonds. The summed E-state index contributed by atoms with van der Waals surface area (Å²) in [6.45, 7) is 14.3. The summed E-state index contributed by atoms with van der Waals surface area (Å²) in [4.78, 5) is 109. The molecule has 9 atom stereocenters. The number of nitrogens with one attached hydrogen (secondary N) is 2. The third-order valence-electron chi connectivity index (χ3n) is 18.9. The number of rotatable bonds is 32. The van der Waals surface area contributed by atoms with Crippen molar-refractivity contribution in [2.75, 3.05) is 101 Å². The summed E-state index contributed by atoms with van der Waals surface area (Å²) in [6, 6.07) is 21.0. The second-order valence-corrected chi connectivity index (χ2v) is 30.1. The van der Waals surface area contributed by atoms with Gasteiger partial charge in [-0.05, 0) is 92.9 Å². The molecule has 538 valence electrons. The molecule has 0 saturated carbocycles. The minimum absolute atomic E-state index is 0.0938. The number of phosphoric ester groups is 2.